The molecule has 0 aliphatic carbocycles. The third kappa shape index (κ3) is 4.08. The van der Waals surface area contributed by atoms with E-state index in [4.69, 9.17) is 17.1 Å². The van der Waals surface area contributed by atoms with Gasteiger partial charge in [-0.25, -0.2) is 0 Å². The van der Waals surface area contributed by atoms with Crippen molar-refractivity contribution in [3.05, 3.63) is 40.3 Å². The van der Waals surface area contributed by atoms with Gasteiger partial charge in [0.15, 0.2) is 0 Å². The highest BCUT2D eigenvalue weighted by Gasteiger charge is 2.16. The second-order valence-corrected chi connectivity index (χ2v) is 3.51. The van der Waals surface area contributed by atoms with Crippen molar-refractivity contribution in [3.8, 4) is 18.1 Å². The standard InChI is InChI=1S/C12H12N4O2/c1-2-7-14-12(18)11(15-16-13)8-9-3-5-10(17)6-4-9/h1,3-6,11,17H,7-8H2,(H,14,18)/t11-/m0/s1. The highest BCUT2D eigenvalue weighted by molar-refractivity contribution is 5.82. The maximum atomic E-state index is 11.6. The Hall–Kier alpha value is -2.64. The van der Waals surface area contributed by atoms with E-state index >= 15 is 0 Å². The van der Waals surface area contributed by atoms with Crippen molar-refractivity contribution >= 4 is 5.91 Å². The van der Waals surface area contributed by atoms with Gasteiger partial charge in [-0.1, -0.05) is 23.2 Å². The highest BCUT2D eigenvalue weighted by Crippen LogP contribution is 2.12. The molecule has 6 nitrogen and oxygen atoms in total. The van der Waals surface area contributed by atoms with Gasteiger partial charge in [-0.3, -0.25) is 4.79 Å². The molecule has 0 saturated carbocycles. The minimum Gasteiger partial charge on any atom is -0.508 e. The summed E-state index contributed by atoms with van der Waals surface area (Å²) in [4.78, 5) is 14.3. The van der Waals surface area contributed by atoms with Gasteiger partial charge in [-0.15, -0.1) is 6.42 Å². The maximum Gasteiger partial charge on any atom is 0.230 e. The Kier molecular flexibility index (Phi) is 5.10. The lowest BCUT2D eigenvalue weighted by Crippen LogP contribution is -2.34. The number of rotatable bonds is 5. The maximum absolute atomic E-state index is 11.6. The molecule has 0 fully saturated rings. The van der Waals surface area contributed by atoms with Gasteiger partial charge in [0.1, 0.15) is 11.8 Å². The van der Waals surface area contributed by atoms with Crippen molar-refractivity contribution in [1.82, 2.24) is 5.32 Å². The minimum absolute atomic E-state index is 0.0891. The van der Waals surface area contributed by atoms with Crippen LogP contribution in [0.15, 0.2) is 29.4 Å². The van der Waals surface area contributed by atoms with Crippen molar-refractivity contribution in [1.29, 1.82) is 0 Å². The average Bonchev–Trinajstić information content (AvgIpc) is 2.38. The van der Waals surface area contributed by atoms with E-state index in [-0.39, 0.29) is 18.7 Å². The molecule has 1 aromatic rings. The van der Waals surface area contributed by atoms with Crippen LogP contribution in [-0.2, 0) is 11.2 Å². The first kappa shape index (κ1) is 13.4. The zero-order valence-electron chi connectivity index (χ0n) is 9.58. The summed E-state index contributed by atoms with van der Waals surface area (Å²) < 4.78 is 0. The van der Waals surface area contributed by atoms with Crippen LogP contribution < -0.4 is 5.32 Å². The van der Waals surface area contributed by atoms with Crippen molar-refractivity contribution in [2.75, 3.05) is 6.54 Å². The number of terminal acetylenes is 1. The number of phenols is 1. The zero-order chi connectivity index (χ0) is 13.4. The molecule has 0 heterocycles. The molecule has 18 heavy (non-hydrogen) atoms. The second kappa shape index (κ2) is 6.84. The molecule has 1 rings (SSSR count). The first-order chi connectivity index (χ1) is 8.67. The van der Waals surface area contributed by atoms with Crippen molar-refractivity contribution in [2.45, 2.75) is 12.5 Å². The summed E-state index contributed by atoms with van der Waals surface area (Å²) in [7, 11) is 0. The lowest BCUT2D eigenvalue weighted by molar-refractivity contribution is -0.122. The van der Waals surface area contributed by atoms with Gasteiger partial charge in [-0.05, 0) is 29.6 Å². The molecule has 0 unspecified atom stereocenters. The second-order valence-electron chi connectivity index (χ2n) is 3.51. The topological polar surface area (TPSA) is 98.1 Å². The molecule has 0 saturated heterocycles. The summed E-state index contributed by atoms with van der Waals surface area (Å²) in [5.74, 6) is 1.98. The number of carbonyl (C=O) groups is 1. The number of amides is 1. The molecule has 0 aliphatic rings. The van der Waals surface area contributed by atoms with Gasteiger partial charge in [0.05, 0.1) is 6.54 Å². The van der Waals surface area contributed by atoms with Crippen LogP contribution in [0.3, 0.4) is 0 Å². The van der Waals surface area contributed by atoms with Crippen LogP contribution in [-0.4, -0.2) is 23.6 Å². The van der Waals surface area contributed by atoms with E-state index in [1.807, 2.05) is 0 Å². The van der Waals surface area contributed by atoms with Crippen LogP contribution >= 0.6 is 0 Å². The first-order valence-electron chi connectivity index (χ1n) is 5.20. The molecule has 6 heteroatoms. The van der Waals surface area contributed by atoms with Crippen LogP contribution in [0, 0.1) is 12.3 Å². The van der Waals surface area contributed by atoms with E-state index in [1.54, 1.807) is 12.1 Å². The predicted octanol–water partition coefficient (Wildman–Crippen LogP) is 1.36. The molecule has 0 radical (unpaired) electrons. The van der Waals surface area contributed by atoms with E-state index in [0.29, 0.717) is 0 Å². The summed E-state index contributed by atoms with van der Waals surface area (Å²) in [6, 6.07) is 5.46. The Bertz CT molecular complexity index is 498. The van der Waals surface area contributed by atoms with Crippen LogP contribution in [0.2, 0.25) is 0 Å². The fourth-order valence-electron chi connectivity index (χ4n) is 1.36. The smallest absolute Gasteiger partial charge is 0.230 e. The molecule has 0 spiro atoms. The Morgan fingerprint density at radius 3 is 2.78 bits per heavy atom. The van der Waals surface area contributed by atoms with Crippen molar-refractivity contribution in [2.24, 2.45) is 5.11 Å². The van der Waals surface area contributed by atoms with Gasteiger partial charge in [0.25, 0.3) is 0 Å². The summed E-state index contributed by atoms with van der Waals surface area (Å²) in [6.45, 7) is 0.0891. The van der Waals surface area contributed by atoms with E-state index < -0.39 is 11.9 Å². The quantitative estimate of drug-likeness (QED) is 0.354. The van der Waals surface area contributed by atoms with Gasteiger partial charge in [0, 0.05) is 4.91 Å². The molecule has 0 aromatic heterocycles. The summed E-state index contributed by atoms with van der Waals surface area (Å²) >= 11 is 0. The summed E-state index contributed by atoms with van der Waals surface area (Å²) in [5, 5.41) is 15.0. The predicted molar refractivity (Wildman–Crippen MR) is 66.6 cm³/mol. The summed E-state index contributed by atoms with van der Waals surface area (Å²) in [5.41, 5.74) is 9.21. The number of nitrogens with zero attached hydrogens (tertiary/aromatic N) is 3. The third-order valence-electron chi connectivity index (χ3n) is 2.22. The Labute approximate surface area is 104 Å². The molecule has 0 aliphatic heterocycles. The molecule has 1 aromatic carbocycles. The van der Waals surface area contributed by atoms with Crippen LogP contribution in [0.25, 0.3) is 10.4 Å². The van der Waals surface area contributed by atoms with Gasteiger partial charge < -0.3 is 10.4 Å². The van der Waals surface area contributed by atoms with E-state index in [2.05, 4.69) is 21.3 Å². The number of azide groups is 1. The molecule has 1 atom stereocenters. The monoisotopic (exact) mass is 244 g/mol. The van der Waals surface area contributed by atoms with Crippen molar-refractivity contribution < 1.29 is 9.90 Å². The normalized spacial score (nSPS) is 10.8. The fourth-order valence-corrected chi connectivity index (χ4v) is 1.36. The van der Waals surface area contributed by atoms with E-state index in [9.17, 15) is 4.79 Å². The van der Waals surface area contributed by atoms with Crippen LogP contribution in [0.5, 0.6) is 5.75 Å². The number of hydrogen-bond donors (Lipinski definition) is 2. The lowest BCUT2D eigenvalue weighted by atomic mass is 10.1. The largest absolute Gasteiger partial charge is 0.508 e. The van der Waals surface area contributed by atoms with Gasteiger partial charge in [0.2, 0.25) is 5.91 Å². The number of nitrogens with one attached hydrogen (secondary N) is 1. The van der Waals surface area contributed by atoms with Crippen LogP contribution in [0.4, 0.5) is 0 Å². The minimum atomic E-state index is -0.854. The average molecular weight is 244 g/mol. The molecule has 92 valence electrons. The fraction of sp³-hybridized carbons (Fsp3) is 0.250. The molecule has 1 amide bonds. The number of aromatic hydroxyl groups is 1. The van der Waals surface area contributed by atoms with Gasteiger partial charge >= 0.3 is 0 Å². The highest BCUT2D eigenvalue weighted by atomic mass is 16.3. The van der Waals surface area contributed by atoms with Crippen LogP contribution in [0.1, 0.15) is 5.56 Å². The Balaban J connectivity index is 2.74. The first-order valence-corrected chi connectivity index (χ1v) is 5.20. The van der Waals surface area contributed by atoms with Crippen molar-refractivity contribution in [3.63, 3.8) is 0 Å². The molecular weight excluding hydrogens is 232 g/mol. The van der Waals surface area contributed by atoms with E-state index in [0.717, 1.165) is 5.56 Å². The third-order valence-corrected chi connectivity index (χ3v) is 2.22. The number of carbonyl (C=O) groups excluding carboxylic acids is 1. The molecule has 0 bridgehead atoms. The SMILES string of the molecule is C#CCNC(=O)[C@H](Cc1ccc(O)cc1)N=[N+]=[N-]. The Morgan fingerprint density at radius 1 is 1.56 bits per heavy atom. The van der Waals surface area contributed by atoms with E-state index in [1.165, 1.54) is 12.1 Å². The molecular formula is C12H12N4O2. The number of benzene rings is 1. The zero-order valence-corrected chi connectivity index (χ0v) is 9.58. The summed E-state index contributed by atoms with van der Waals surface area (Å²) in [6.07, 6.45) is 5.27. The lowest BCUT2D eigenvalue weighted by Gasteiger charge is -2.10. The number of phenolic OH excluding ortho intramolecular Hbond substituents is 1. The number of hydrogen-bond acceptors (Lipinski definition) is 3. The van der Waals surface area contributed by atoms with Gasteiger partial charge in [-0.2, -0.15) is 0 Å². The molecule has 2 N–H and O–H groups in total. The Morgan fingerprint density at radius 2 is 2.22 bits per heavy atom.